The number of nitrogens with zero attached hydrogens (tertiary/aromatic N) is 3. The first kappa shape index (κ1) is 18.3. The number of sulfonamides is 1. The molecule has 0 saturated heterocycles. The van der Waals surface area contributed by atoms with Crippen LogP contribution in [0.3, 0.4) is 0 Å². The summed E-state index contributed by atoms with van der Waals surface area (Å²) >= 11 is 1.16. The monoisotopic (exact) mass is 393 g/mol. The predicted octanol–water partition coefficient (Wildman–Crippen LogP) is 3.86. The zero-order valence-electron chi connectivity index (χ0n) is 14.1. The average molecular weight is 393 g/mol. The second kappa shape index (κ2) is 7.38. The molecule has 0 N–H and O–H groups in total. The van der Waals surface area contributed by atoms with Crippen LogP contribution < -0.4 is 9.04 Å². The smallest absolute Gasteiger partial charge is 0.298 e. The van der Waals surface area contributed by atoms with Crippen molar-refractivity contribution in [3.05, 3.63) is 60.2 Å². The first-order valence-corrected chi connectivity index (χ1v) is 9.96. The van der Waals surface area contributed by atoms with E-state index in [4.69, 9.17) is 4.74 Å². The van der Waals surface area contributed by atoms with Crippen LogP contribution in [0.2, 0.25) is 0 Å². The number of benzene rings is 2. The standard InChI is InChI=1S/C17H16FN3O3S2/c1-3-16-19-17(25-20-16)24-14-8-6-13(7-9-14)21(2)26(22,23)15-10-4-12(18)5-11-15/h4-11H,3H2,1-2H3. The van der Waals surface area contributed by atoms with E-state index in [0.717, 1.165) is 34.4 Å². The largest absolute Gasteiger partial charge is 0.430 e. The van der Waals surface area contributed by atoms with Gasteiger partial charge in [0.25, 0.3) is 15.2 Å². The summed E-state index contributed by atoms with van der Waals surface area (Å²) in [5, 5.41) is 0.432. The molecule has 0 aliphatic carbocycles. The summed E-state index contributed by atoms with van der Waals surface area (Å²) in [6.07, 6.45) is 0.727. The number of hydrogen-bond donors (Lipinski definition) is 0. The molecule has 6 nitrogen and oxygen atoms in total. The minimum Gasteiger partial charge on any atom is -0.430 e. The van der Waals surface area contributed by atoms with Crippen LogP contribution in [-0.2, 0) is 16.4 Å². The number of rotatable bonds is 6. The van der Waals surface area contributed by atoms with E-state index in [-0.39, 0.29) is 4.90 Å². The molecule has 3 aromatic rings. The maximum absolute atomic E-state index is 13.0. The third-order valence-electron chi connectivity index (χ3n) is 3.64. The van der Waals surface area contributed by atoms with Gasteiger partial charge in [-0.1, -0.05) is 6.92 Å². The first-order valence-electron chi connectivity index (χ1n) is 7.75. The molecule has 1 heterocycles. The lowest BCUT2D eigenvalue weighted by atomic mass is 10.3. The fraction of sp³-hybridized carbons (Fsp3) is 0.176. The lowest BCUT2D eigenvalue weighted by molar-refractivity contribution is 0.477. The Morgan fingerprint density at radius 3 is 2.35 bits per heavy atom. The molecule has 0 aliphatic heterocycles. The highest BCUT2D eigenvalue weighted by Crippen LogP contribution is 2.27. The van der Waals surface area contributed by atoms with Crippen molar-refractivity contribution >= 4 is 27.2 Å². The van der Waals surface area contributed by atoms with Crippen LogP contribution in [0, 0.1) is 5.82 Å². The predicted molar refractivity (Wildman–Crippen MR) is 97.8 cm³/mol. The number of ether oxygens (including phenoxy) is 1. The van der Waals surface area contributed by atoms with Crippen molar-refractivity contribution in [3.8, 4) is 10.9 Å². The molecular formula is C17H16FN3O3S2. The van der Waals surface area contributed by atoms with Gasteiger partial charge in [0.2, 0.25) is 0 Å². The number of hydrogen-bond acceptors (Lipinski definition) is 6. The molecule has 0 radical (unpaired) electrons. The highest BCUT2D eigenvalue weighted by atomic mass is 32.2. The van der Waals surface area contributed by atoms with Crippen molar-refractivity contribution in [2.75, 3.05) is 11.4 Å². The van der Waals surface area contributed by atoms with Gasteiger partial charge in [0.1, 0.15) is 17.4 Å². The van der Waals surface area contributed by atoms with Gasteiger partial charge in [-0.2, -0.15) is 9.36 Å². The Kier molecular flexibility index (Phi) is 5.19. The minimum absolute atomic E-state index is 0.0164. The zero-order valence-corrected chi connectivity index (χ0v) is 15.7. The van der Waals surface area contributed by atoms with Gasteiger partial charge in [-0.25, -0.2) is 12.8 Å². The number of aryl methyl sites for hydroxylation is 1. The topological polar surface area (TPSA) is 72.4 Å². The average Bonchev–Trinajstić information content (AvgIpc) is 3.10. The summed E-state index contributed by atoms with van der Waals surface area (Å²) < 4.78 is 49.1. The van der Waals surface area contributed by atoms with Gasteiger partial charge in [-0.15, -0.1) is 0 Å². The first-order chi connectivity index (χ1) is 12.4. The molecular weight excluding hydrogens is 377 g/mol. The molecule has 1 aromatic heterocycles. The Labute approximate surface area is 155 Å². The molecule has 2 aromatic carbocycles. The molecule has 0 bridgehead atoms. The van der Waals surface area contributed by atoms with E-state index in [9.17, 15) is 12.8 Å². The van der Waals surface area contributed by atoms with Crippen LogP contribution in [0.1, 0.15) is 12.7 Å². The van der Waals surface area contributed by atoms with Crippen LogP contribution in [0.25, 0.3) is 0 Å². The van der Waals surface area contributed by atoms with Crippen molar-refractivity contribution < 1.29 is 17.5 Å². The van der Waals surface area contributed by atoms with Gasteiger partial charge in [-0.05, 0) is 48.5 Å². The number of anilines is 1. The lowest BCUT2D eigenvalue weighted by Gasteiger charge is -2.19. The Bertz CT molecular complexity index is 987. The fourth-order valence-corrected chi connectivity index (χ4v) is 3.98. The molecule has 9 heteroatoms. The molecule has 136 valence electrons. The third kappa shape index (κ3) is 3.83. The zero-order chi connectivity index (χ0) is 18.7. The molecule has 0 atom stereocenters. The Morgan fingerprint density at radius 1 is 1.12 bits per heavy atom. The number of aromatic nitrogens is 2. The Balaban J connectivity index is 1.77. The normalized spacial score (nSPS) is 11.3. The third-order valence-corrected chi connectivity index (χ3v) is 6.08. The fourth-order valence-electron chi connectivity index (χ4n) is 2.15. The Hall–Kier alpha value is -2.52. The maximum atomic E-state index is 13.0. The van der Waals surface area contributed by atoms with E-state index in [1.54, 1.807) is 24.3 Å². The van der Waals surface area contributed by atoms with Gasteiger partial charge >= 0.3 is 0 Å². The molecule has 26 heavy (non-hydrogen) atoms. The van der Waals surface area contributed by atoms with E-state index in [0.29, 0.717) is 22.5 Å². The summed E-state index contributed by atoms with van der Waals surface area (Å²) in [6.45, 7) is 1.96. The second-order valence-corrected chi connectivity index (χ2v) is 8.04. The highest BCUT2D eigenvalue weighted by molar-refractivity contribution is 7.92. The lowest BCUT2D eigenvalue weighted by Crippen LogP contribution is -2.26. The van der Waals surface area contributed by atoms with Crippen molar-refractivity contribution in [2.45, 2.75) is 18.2 Å². The van der Waals surface area contributed by atoms with Crippen LogP contribution in [0.15, 0.2) is 53.4 Å². The van der Waals surface area contributed by atoms with Gasteiger partial charge in [-0.3, -0.25) is 4.31 Å². The van der Waals surface area contributed by atoms with E-state index < -0.39 is 15.8 Å². The van der Waals surface area contributed by atoms with Crippen molar-refractivity contribution in [3.63, 3.8) is 0 Å². The van der Waals surface area contributed by atoms with Crippen LogP contribution >= 0.6 is 11.5 Å². The summed E-state index contributed by atoms with van der Waals surface area (Å²) in [7, 11) is -2.34. The van der Waals surface area contributed by atoms with Gasteiger partial charge in [0.15, 0.2) is 0 Å². The SMILES string of the molecule is CCc1nsc(Oc2ccc(N(C)S(=O)(=O)c3ccc(F)cc3)cc2)n1. The van der Waals surface area contributed by atoms with Crippen LogP contribution in [-0.4, -0.2) is 24.8 Å². The van der Waals surface area contributed by atoms with Crippen LogP contribution in [0.4, 0.5) is 10.1 Å². The van der Waals surface area contributed by atoms with Crippen molar-refractivity contribution in [2.24, 2.45) is 0 Å². The van der Waals surface area contributed by atoms with E-state index in [2.05, 4.69) is 9.36 Å². The molecule has 0 fully saturated rings. The van der Waals surface area contributed by atoms with Crippen molar-refractivity contribution in [1.29, 1.82) is 0 Å². The molecule has 0 spiro atoms. The van der Waals surface area contributed by atoms with E-state index in [1.807, 2.05) is 6.92 Å². The van der Waals surface area contributed by atoms with Gasteiger partial charge < -0.3 is 4.74 Å². The summed E-state index contributed by atoms with van der Waals surface area (Å²) in [4.78, 5) is 4.23. The molecule has 0 amide bonds. The van der Waals surface area contributed by atoms with Crippen LogP contribution in [0.5, 0.6) is 10.9 Å². The van der Waals surface area contributed by atoms with Crippen molar-refractivity contribution in [1.82, 2.24) is 9.36 Å². The molecule has 0 saturated carbocycles. The molecule has 3 rings (SSSR count). The Morgan fingerprint density at radius 2 is 1.77 bits per heavy atom. The summed E-state index contributed by atoms with van der Waals surface area (Å²) in [5.74, 6) is 0.753. The molecule has 0 unspecified atom stereocenters. The quantitative estimate of drug-likeness (QED) is 0.636. The molecule has 0 aliphatic rings. The second-order valence-electron chi connectivity index (χ2n) is 5.35. The summed E-state index contributed by atoms with van der Waals surface area (Å²) in [6, 6.07) is 11.3. The highest BCUT2D eigenvalue weighted by Gasteiger charge is 2.21. The maximum Gasteiger partial charge on any atom is 0.298 e. The van der Waals surface area contributed by atoms with E-state index >= 15 is 0 Å². The minimum atomic E-state index is -3.78. The van der Waals surface area contributed by atoms with E-state index in [1.165, 1.54) is 19.2 Å². The summed E-state index contributed by atoms with van der Waals surface area (Å²) in [5.41, 5.74) is 0.452. The number of halogens is 1. The van der Waals surface area contributed by atoms with Gasteiger partial charge in [0.05, 0.1) is 10.6 Å². The van der Waals surface area contributed by atoms with Gasteiger partial charge in [0, 0.05) is 25.0 Å².